The van der Waals surface area contributed by atoms with Crippen LogP contribution in [0.1, 0.15) is 33.1 Å². The maximum absolute atomic E-state index is 5.42. The van der Waals surface area contributed by atoms with E-state index in [-0.39, 0.29) is 24.0 Å². The van der Waals surface area contributed by atoms with E-state index in [9.17, 15) is 0 Å². The van der Waals surface area contributed by atoms with Crippen LogP contribution in [-0.4, -0.2) is 76.4 Å². The van der Waals surface area contributed by atoms with Crippen molar-refractivity contribution in [3.63, 3.8) is 0 Å². The van der Waals surface area contributed by atoms with E-state index in [2.05, 4.69) is 46.4 Å². The molecule has 0 spiro atoms. The van der Waals surface area contributed by atoms with Crippen molar-refractivity contribution in [1.82, 2.24) is 15.5 Å². The van der Waals surface area contributed by atoms with E-state index in [1.807, 2.05) is 6.07 Å². The van der Waals surface area contributed by atoms with Gasteiger partial charge in [-0.1, -0.05) is 6.92 Å². The highest BCUT2D eigenvalue weighted by atomic mass is 127. The van der Waals surface area contributed by atoms with E-state index in [0.29, 0.717) is 6.04 Å². The number of halogens is 1. The van der Waals surface area contributed by atoms with E-state index in [0.717, 1.165) is 74.9 Å². The van der Waals surface area contributed by atoms with Crippen LogP contribution in [0, 0.1) is 0 Å². The first-order chi connectivity index (χ1) is 14.2. The molecule has 1 aliphatic carbocycles. The number of rotatable bonds is 10. The summed E-state index contributed by atoms with van der Waals surface area (Å²) in [6.45, 7) is 10.2. The lowest BCUT2D eigenvalue weighted by Crippen LogP contribution is -2.45. The van der Waals surface area contributed by atoms with Crippen molar-refractivity contribution in [3.8, 4) is 11.5 Å². The average Bonchev–Trinajstić information content (AvgIpc) is 3.48. The molecule has 170 valence electrons. The number of guanidine groups is 1. The molecule has 0 aromatic heterocycles. The normalized spacial score (nSPS) is 18.9. The zero-order valence-electron chi connectivity index (χ0n) is 18.8. The molecule has 7 nitrogen and oxygen atoms in total. The fourth-order valence-electron chi connectivity index (χ4n) is 3.93. The van der Waals surface area contributed by atoms with Gasteiger partial charge in [0.15, 0.2) is 5.96 Å². The van der Waals surface area contributed by atoms with Crippen molar-refractivity contribution < 1.29 is 9.47 Å². The second kappa shape index (κ2) is 12.4. The van der Waals surface area contributed by atoms with E-state index < -0.39 is 0 Å². The third-order valence-electron chi connectivity index (χ3n) is 5.70. The third-order valence-corrected chi connectivity index (χ3v) is 5.70. The highest BCUT2D eigenvalue weighted by Crippen LogP contribution is 2.30. The van der Waals surface area contributed by atoms with Crippen molar-refractivity contribution in [2.75, 3.05) is 58.4 Å². The van der Waals surface area contributed by atoms with Gasteiger partial charge in [-0.2, -0.15) is 0 Å². The maximum Gasteiger partial charge on any atom is 0.191 e. The van der Waals surface area contributed by atoms with Crippen molar-refractivity contribution in [2.45, 2.75) is 45.2 Å². The van der Waals surface area contributed by atoms with Crippen molar-refractivity contribution in [3.05, 3.63) is 18.2 Å². The Morgan fingerprint density at radius 1 is 1.13 bits per heavy atom. The van der Waals surface area contributed by atoms with Gasteiger partial charge in [0.05, 0.1) is 20.8 Å². The van der Waals surface area contributed by atoms with Crippen LogP contribution < -0.4 is 25.0 Å². The Morgan fingerprint density at radius 2 is 1.83 bits per heavy atom. The molecule has 1 aliphatic heterocycles. The fraction of sp³-hybridized carbons (Fsp3) is 0.682. The van der Waals surface area contributed by atoms with Gasteiger partial charge in [0.2, 0.25) is 0 Å². The lowest BCUT2D eigenvalue weighted by Gasteiger charge is -2.22. The average molecular weight is 531 g/mol. The van der Waals surface area contributed by atoms with Gasteiger partial charge in [0.1, 0.15) is 11.5 Å². The van der Waals surface area contributed by atoms with Gasteiger partial charge in [0, 0.05) is 62.1 Å². The minimum atomic E-state index is 0. The first kappa shape index (κ1) is 24.8. The van der Waals surface area contributed by atoms with Crippen molar-refractivity contribution in [2.24, 2.45) is 4.99 Å². The van der Waals surface area contributed by atoms with Crippen LogP contribution in [0.25, 0.3) is 0 Å². The molecule has 8 heteroatoms. The standard InChI is InChI=1S/C22H37N5O2.HI/c1-5-23-22(24-10-12-26(6-2)18-7-8-18)25-17-9-11-27(16-17)19-13-20(28-3)15-21(14-19)29-4;/h13-15,17-18H,5-12,16H2,1-4H3,(H2,23,24,25);1H. The summed E-state index contributed by atoms with van der Waals surface area (Å²) in [6, 6.07) is 7.22. The molecule has 0 bridgehead atoms. The molecule has 2 N–H and O–H groups in total. The molecule has 1 saturated heterocycles. The number of benzene rings is 1. The highest BCUT2D eigenvalue weighted by molar-refractivity contribution is 14.0. The van der Waals surface area contributed by atoms with E-state index in [4.69, 9.17) is 14.5 Å². The fourth-order valence-corrected chi connectivity index (χ4v) is 3.93. The SMILES string of the molecule is CCNC(=NCCN(CC)C1CC1)NC1CCN(c2cc(OC)cc(OC)c2)C1.I. The molecule has 30 heavy (non-hydrogen) atoms. The molecule has 1 saturated carbocycles. The molecule has 1 unspecified atom stereocenters. The van der Waals surface area contributed by atoms with Gasteiger partial charge in [0.25, 0.3) is 0 Å². The molecule has 1 atom stereocenters. The van der Waals surface area contributed by atoms with Crippen LogP contribution in [0.4, 0.5) is 5.69 Å². The van der Waals surface area contributed by atoms with E-state index in [1.165, 1.54) is 12.8 Å². The molecule has 0 radical (unpaired) electrons. The van der Waals surface area contributed by atoms with Crippen LogP contribution in [-0.2, 0) is 0 Å². The summed E-state index contributed by atoms with van der Waals surface area (Å²) in [5, 5.41) is 7.03. The quantitative estimate of drug-likeness (QED) is 0.275. The number of methoxy groups -OCH3 is 2. The molecule has 3 rings (SSSR count). The predicted octanol–water partition coefficient (Wildman–Crippen LogP) is 2.94. The van der Waals surface area contributed by atoms with Gasteiger partial charge < -0.3 is 25.0 Å². The number of aliphatic imine (C=N–C) groups is 1. The van der Waals surface area contributed by atoms with E-state index in [1.54, 1.807) is 14.2 Å². The highest BCUT2D eigenvalue weighted by Gasteiger charge is 2.27. The molecule has 1 aromatic carbocycles. The topological polar surface area (TPSA) is 61.4 Å². The summed E-state index contributed by atoms with van der Waals surface area (Å²) in [4.78, 5) is 9.74. The third kappa shape index (κ3) is 7.08. The summed E-state index contributed by atoms with van der Waals surface area (Å²) in [7, 11) is 3.38. The number of nitrogens with zero attached hydrogens (tertiary/aromatic N) is 3. The first-order valence-corrected chi connectivity index (χ1v) is 10.9. The van der Waals surface area contributed by atoms with Crippen LogP contribution in [0.15, 0.2) is 23.2 Å². The Hall–Kier alpha value is -1.42. The minimum Gasteiger partial charge on any atom is -0.497 e. The Kier molecular flexibility index (Phi) is 10.3. The number of anilines is 1. The van der Waals surface area contributed by atoms with Gasteiger partial charge in [-0.25, -0.2) is 0 Å². The molecule has 1 aromatic rings. The van der Waals surface area contributed by atoms with Gasteiger partial charge in [-0.05, 0) is 32.7 Å². The van der Waals surface area contributed by atoms with Gasteiger partial charge in [-0.15, -0.1) is 24.0 Å². The van der Waals surface area contributed by atoms with Crippen LogP contribution in [0.2, 0.25) is 0 Å². The minimum absolute atomic E-state index is 0. The molecule has 2 aliphatic rings. The van der Waals surface area contributed by atoms with Crippen molar-refractivity contribution in [1.29, 1.82) is 0 Å². The summed E-state index contributed by atoms with van der Waals surface area (Å²) < 4.78 is 10.8. The summed E-state index contributed by atoms with van der Waals surface area (Å²) in [6.07, 6.45) is 3.78. The lowest BCUT2D eigenvalue weighted by atomic mass is 10.2. The molecule has 1 heterocycles. The van der Waals surface area contributed by atoms with Gasteiger partial charge >= 0.3 is 0 Å². The number of hydrogen-bond acceptors (Lipinski definition) is 5. The molecular weight excluding hydrogens is 493 g/mol. The zero-order valence-corrected chi connectivity index (χ0v) is 21.1. The van der Waals surface area contributed by atoms with E-state index >= 15 is 0 Å². The van der Waals surface area contributed by atoms with Crippen LogP contribution >= 0.6 is 24.0 Å². The van der Waals surface area contributed by atoms with Crippen LogP contribution in [0.5, 0.6) is 11.5 Å². The molecular formula is C22H38IN5O2. The molecule has 2 fully saturated rings. The Bertz CT molecular complexity index is 661. The lowest BCUT2D eigenvalue weighted by molar-refractivity contribution is 0.286. The number of hydrogen-bond donors (Lipinski definition) is 2. The summed E-state index contributed by atoms with van der Waals surface area (Å²) in [5.74, 6) is 2.57. The largest absolute Gasteiger partial charge is 0.497 e. The smallest absolute Gasteiger partial charge is 0.191 e. The Balaban J connectivity index is 0.00000320. The second-order valence-corrected chi connectivity index (χ2v) is 7.77. The van der Waals surface area contributed by atoms with Crippen LogP contribution in [0.3, 0.4) is 0 Å². The summed E-state index contributed by atoms with van der Waals surface area (Å²) in [5.41, 5.74) is 1.13. The second-order valence-electron chi connectivity index (χ2n) is 7.77. The number of nitrogens with one attached hydrogen (secondary N) is 2. The molecule has 0 amide bonds. The number of likely N-dealkylation sites (N-methyl/N-ethyl adjacent to an activating group) is 1. The zero-order chi connectivity index (χ0) is 20.6. The summed E-state index contributed by atoms with van der Waals surface area (Å²) >= 11 is 0. The predicted molar refractivity (Wildman–Crippen MR) is 135 cm³/mol. The number of ether oxygens (including phenoxy) is 2. The Morgan fingerprint density at radius 3 is 2.40 bits per heavy atom. The van der Waals surface area contributed by atoms with Crippen molar-refractivity contribution >= 4 is 35.6 Å². The van der Waals surface area contributed by atoms with Gasteiger partial charge in [-0.3, -0.25) is 9.89 Å². The maximum atomic E-state index is 5.42. The first-order valence-electron chi connectivity index (χ1n) is 10.9. The monoisotopic (exact) mass is 531 g/mol. The Labute approximate surface area is 198 Å².